The number of furan rings is 1. The lowest BCUT2D eigenvalue weighted by molar-refractivity contribution is 0.0359. The van der Waals surface area contributed by atoms with Gasteiger partial charge < -0.3 is 20.2 Å². The summed E-state index contributed by atoms with van der Waals surface area (Å²) in [6.07, 6.45) is 0. The summed E-state index contributed by atoms with van der Waals surface area (Å²) in [5.74, 6) is 1.17. The van der Waals surface area contributed by atoms with E-state index in [1.807, 2.05) is 6.92 Å². The van der Waals surface area contributed by atoms with Crippen LogP contribution in [0.5, 0.6) is 0 Å². The number of rotatable bonds is 8. The predicted octanol–water partition coefficient (Wildman–Crippen LogP) is 2.21. The normalized spacial score (nSPS) is 14.3. The number of aliphatic hydroxyl groups is 1. The molecule has 23 heavy (non-hydrogen) atoms. The van der Waals surface area contributed by atoms with Crippen LogP contribution < -0.4 is 10.6 Å². The van der Waals surface area contributed by atoms with E-state index < -0.39 is 5.60 Å². The van der Waals surface area contributed by atoms with Gasteiger partial charge in [0, 0.05) is 25.2 Å². The van der Waals surface area contributed by atoms with Gasteiger partial charge in [-0.15, -0.1) is 0 Å². The Morgan fingerprint density at radius 2 is 1.87 bits per heavy atom. The molecule has 0 aromatic carbocycles. The van der Waals surface area contributed by atoms with Crippen molar-refractivity contribution in [2.75, 3.05) is 19.6 Å². The molecule has 1 unspecified atom stereocenters. The standard InChI is InChI=1S/C17H31N3O3/c1-12(2)20(13(3)4)10-9-18-16(21)19-11-17(6,22)15-8-7-14(5)23-15/h7-8,12-13,22H,9-11H2,1-6H3,(H2,18,19,21). The lowest BCUT2D eigenvalue weighted by atomic mass is 10.0. The first-order chi connectivity index (χ1) is 10.6. The number of carbonyl (C=O) groups is 1. The minimum atomic E-state index is -1.23. The Hall–Kier alpha value is -1.53. The first-order valence-electron chi connectivity index (χ1n) is 8.20. The van der Waals surface area contributed by atoms with E-state index in [4.69, 9.17) is 4.42 Å². The summed E-state index contributed by atoms with van der Waals surface area (Å²) in [6.45, 7) is 13.4. The van der Waals surface area contributed by atoms with Crippen molar-refractivity contribution in [1.82, 2.24) is 15.5 Å². The maximum absolute atomic E-state index is 11.9. The number of hydrogen-bond donors (Lipinski definition) is 3. The molecule has 2 amide bonds. The molecule has 1 atom stereocenters. The fourth-order valence-corrected chi connectivity index (χ4v) is 2.54. The van der Waals surface area contributed by atoms with Gasteiger partial charge in [0.2, 0.25) is 0 Å². The SMILES string of the molecule is Cc1ccc(C(C)(O)CNC(=O)NCCN(C(C)C)C(C)C)o1. The van der Waals surface area contributed by atoms with Gasteiger partial charge in [0.1, 0.15) is 17.1 Å². The van der Waals surface area contributed by atoms with Gasteiger partial charge in [0.05, 0.1) is 6.54 Å². The van der Waals surface area contributed by atoms with Crippen molar-refractivity contribution in [2.24, 2.45) is 0 Å². The van der Waals surface area contributed by atoms with Crippen molar-refractivity contribution in [2.45, 2.75) is 59.2 Å². The molecule has 0 saturated carbocycles. The molecule has 1 aromatic rings. The molecule has 0 saturated heterocycles. The molecule has 6 nitrogen and oxygen atoms in total. The zero-order chi connectivity index (χ0) is 17.6. The smallest absolute Gasteiger partial charge is 0.314 e. The largest absolute Gasteiger partial charge is 0.463 e. The maximum atomic E-state index is 11.9. The Balaban J connectivity index is 2.37. The van der Waals surface area contributed by atoms with Gasteiger partial charge in [0.25, 0.3) is 0 Å². The van der Waals surface area contributed by atoms with Crippen LogP contribution in [0.3, 0.4) is 0 Å². The fraction of sp³-hybridized carbons (Fsp3) is 0.706. The molecule has 1 heterocycles. The molecule has 0 bridgehead atoms. The van der Waals surface area contributed by atoms with Gasteiger partial charge in [-0.1, -0.05) is 0 Å². The molecule has 1 aromatic heterocycles. The summed E-state index contributed by atoms with van der Waals surface area (Å²) in [7, 11) is 0. The van der Waals surface area contributed by atoms with Gasteiger partial charge in [-0.05, 0) is 53.7 Å². The number of carbonyl (C=O) groups excluding carboxylic acids is 1. The van der Waals surface area contributed by atoms with Gasteiger partial charge in [0.15, 0.2) is 0 Å². The maximum Gasteiger partial charge on any atom is 0.314 e. The van der Waals surface area contributed by atoms with E-state index in [2.05, 4.69) is 43.2 Å². The third-order valence-electron chi connectivity index (χ3n) is 3.85. The molecule has 0 radical (unpaired) electrons. The third-order valence-corrected chi connectivity index (χ3v) is 3.85. The second kappa shape index (κ2) is 8.36. The Morgan fingerprint density at radius 1 is 1.26 bits per heavy atom. The number of urea groups is 1. The molecule has 3 N–H and O–H groups in total. The van der Waals surface area contributed by atoms with E-state index in [9.17, 15) is 9.90 Å². The highest BCUT2D eigenvalue weighted by Crippen LogP contribution is 2.21. The van der Waals surface area contributed by atoms with Crippen LogP contribution >= 0.6 is 0 Å². The zero-order valence-electron chi connectivity index (χ0n) is 15.1. The average molecular weight is 325 g/mol. The van der Waals surface area contributed by atoms with Crippen LogP contribution in [0.25, 0.3) is 0 Å². The van der Waals surface area contributed by atoms with E-state index in [1.165, 1.54) is 0 Å². The van der Waals surface area contributed by atoms with Gasteiger partial charge in [-0.25, -0.2) is 4.79 Å². The van der Waals surface area contributed by atoms with Gasteiger partial charge >= 0.3 is 6.03 Å². The van der Waals surface area contributed by atoms with Crippen LogP contribution in [0, 0.1) is 6.92 Å². The minimum Gasteiger partial charge on any atom is -0.463 e. The van der Waals surface area contributed by atoms with E-state index in [0.29, 0.717) is 24.4 Å². The topological polar surface area (TPSA) is 77.7 Å². The molecular weight excluding hydrogens is 294 g/mol. The van der Waals surface area contributed by atoms with Crippen molar-refractivity contribution in [3.63, 3.8) is 0 Å². The van der Waals surface area contributed by atoms with Crippen molar-refractivity contribution in [3.8, 4) is 0 Å². The fourth-order valence-electron chi connectivity index (χ4n) is 2.54. The summed E-state index contributed by atoms with van der Waals surface area (Å²) < 4.78 is 5.42. The van der Waals surface area contributed by atoms with Crippen LogP contribution in [-0.2, 0) is 5.60 Å². The first-order valence-corrected chi connectivity index (χ1v) is 8.20. The van der Waals surface area contributed by atoms with Crippen molar-refractivity contribution >= 4 is 6.03 Å². The lowest BCUT2D eigenvalue weighted by Crippen LogP contribution is -2.47. The van der Waals surface area contributed by atoms with Crippen LogP contribution in [0.2, 0.25) is 0 Å². The van der Waals surface area contributed by atoms with Crippen LogP contribution in [0.15, 0.2) is 16.5 Å². The third kappa shape index (κ3) is 6.23. The van der Waals surface area contributed by atoms with E-state index in [1.54, 1.807) is 19.1 Å². The lowest BCUT2D eigenvalue weighted by Gasteiger charge is -2.30. The Morgan fingerprint density at radius 3 is 2.35 bits per heavy atom. The second-order valence-corrected chi connectivity index (χ2v) is 6.72. The van der Waals surface area contributed by atoms with Gasteiger partial charge in [-0.3, -0.25) is 4.90 Å². The molecular formula is C17H31N3O3. The molecule has 0 aliphatic rings. The number of amides is 2. The number of nitrogens with zero attached hydrogens (tertiary/aromatic N) is 1. The highest BCUT2D eigenvalue weighted by atomic mass is 16.4. The quantitative estimate of drug-likeness (QED) is 0.685. The summed E-state index contributed by atoms with van der Waals surface area (Å²) in [4.78, 5) is 14.2. The average Bonchev–Trinajstić information content (AvgIpc) is 2.88. The summed E-state index contributed by atoms with van der Waals surface area (Å²) in [6, 6.07) is 4.08. The van der Waals surface area contributed by atoms with E-state index in [0.717, 1.165) is 12.3 Å². The molecule has 0 spiro atoms. The Labute approximate surface area is 139 Å². The number of aryl methyl sites for hydroxylation is 1. The Kier molecular flexibility index (Phi) is 7.09. The first kappa shape index (κ1) is 19.5. The van der Waals surface area contributed by atoms with Crippen molar-refractivity contribution < 1.29 is 14.3 Å². The second-order valence-electron chi connectivity index (χ2n) is 6.72. The zero-order valence-corrected chi connectivity index (χ0v) is 15.1. The van der Waals surface area contributed by atoms with Crippen molar-refractivity contribution in [1.29, 1.82) is 0 Å². The molecule has 0 aliphatic carbocycles. The molecule has 0 aliphatic heterocycles. The van der Waals surface area contributed by atoms with Crippen LogP contribution in [-0.4, -0.2) is 47.8 Å². The predicted molar refractivity (Wildman–Crippen MR) is 91.4 cm³/mol. The summed E-state index contributed by atoms with van der Waals surface area (Å²) >= 11 is 0. The molecule has 132 valence electrons. The summed E-state index contributed by atoms with van der Waals surface area (Å²) in [5.41, 5.74) is -1.23. The molecule has 6 heteroatoms. The number of hydrogen-bond acceptors (Lipinski definition) is 4. The van der Waals surface area contributed by atoms with Crippen LogP contribution in [0.1, 0.15) is 46.1 Å². The summed E-state index contributed by atoms with van der Waals surface area (Å²) in [5, 5.41) is 15.9. The number of nitrogens with one attached hydrogen (secondary N) is 2. The van der Waals surface area contributed by atoms with E-state index in [-0.39, 0.29) is 12.6 Å². The highest BCUT2D eigenvalue weighted by Gasteiger charge is 2.27. The van der Waals surface area contributed by atoms with E-state index >= 15 is 0 Å². The minimum absolute atomic E-state index is 0.0872. The molecule has 0 fully saturated rings. The van der Waals surface area contributed by atoms with Gasteiger partial charge in [-0.2, -0.15) is 0 Å². The molecule has 1 rings (SSSR count). The Bertz CT molecular complexity index is 487. The van der Waals surface area contributed by atoms with Crippen molar-refractivity contribution in [3.05, 3.63) is 23.7 Å². The monoisotopic (exact) mass is 325 g/mol. The van der Waals surface area contributed by atoms with Crippen LogP contribution in [0.4, 0.5) is 4.79 Å². The highest BCUT2D eigenvalue weighted by molar-refractivity contribution is 5.73.